The van der Waals surface area contributed by atoms with E-state index in [9.17, 15) is 17.6 Å². The minimum Gasteiger partial charge on any atom is -0.326 e. The first kappa shape index (κ1) is 12.6. The molecule has 0 saturated heterocycles. The third-order valence-electron chi connectivity index (χ3n) is 2.56. The normalized spacial score (nSPS) is 10.7. The van der Waals surface area contributed by atoms with Gasteiger partial charge in [0.25, 0.3) is 0 Å². The Bertz CT molecular complexity index is 573. The van der Waals surface area contributed by atoms with Crippen LogP contribution in [0.1, 0.15) is 5.56 Å². The molecule has 1 nitrogen and oxygen atoms in total. The van der Waals surface area contributed by atoms with E-state index in [-0.39, 0.29) is 17.7 Å². The van der Waals surface area contributed by atoms with Gasteiger partial charge in [0, 0.05) is 12.1 Å². The maximum absolute atomic E-state index is 13.6. The van der Waals surface area contributed by atoms with Crippen LogP contribution in [-0.4, -0.2) is 0 Å². The molecule has 0 saturated carbocycles. The number of rotatable bonds is 2. The fourth-order valence-electron chi connectivity index (χ4n) is 1.63. The molecule has 2 aromatic carbocycles. The standard InChI is InChI=1S/C13H9F4N/c14-10-2-1-7(6-18)3-9(10)8-4-11(15)13(17)12(16)5-8/h1-5H,6,18H2. The monoisotopic (exact) mass is 255 g/mol. The molecular formula is C13H9F4N. The Hall–Kier alpha value is -1.88. The predicted octanol–water partition coefficient (Wildman–Crippen LogP) is 3.37. The first-order valence-corrected chi connectivity index (χ1v) is 5.16. The third-order valence-corrected chi connectivity index (χ3v) is 2.56. The number of hydrogen-bond acceptors (Lipinski definition) is 1. The lowest BCUT2D eigenvalue weighted by molar-refractivity contribution is 0.447. The second-order valence-electron chi connectivity index (χ2n) is 3.77. The molecule has 0 aromatic heterocycles. The van der Waals surface area contributed by atoms with Gasteiger partial charge in [0.05, 0.1) is 0 Å². The van der Waals surface area contributed by atoms with Crippen LogP contribution in [0.3, 0.4) is 0 Å². The van der Waals surface area contributed by atoms with Crippen LogP contribution in [0.2, 0.25) is 0 Å². The summed E-state index contributed by atoms with van der Waals surface area (Å²) in [5.74, 6) is -4.95. The highest BCUT2D eigenvalue weighted by Crippen LogP contribution is 2.27. The van der Waals surface area contributed by atoms with Crippen LogP contribution < -0.4 is 5.73 Å². The highest BCUT2D eigenvalue weighted by atomic mass is 19.2. The van der Waals surface area contributed by atoms with Gasteiger partial charge in [0.15, 0.2) is 17.5 Å². The van der Waals surface area contributed by atoms with Crippen molar-refractivity contribution < 1.29 is 17.6 Å². The molecule has 0 aliphatic heterocycles. The molecule has 0 unspecified atom stereocenters. The van der Waals surface area contributed by atoms with Crippen LogP contribution in [0.4, 0.5) is 17.6 Å². The molecule has 18 heavy (non-hydrogen) atoms. The summed E-state index contributed by atoms with van der Waals surface area (Å²) in [6.07, 6.45) is 0. The van der Waals surface area contributed by atoms with Crippen molar-refractivity contribution in [1.29, 1.82) is 0 Å². The molecule has 0 atom stereocenters. The van der Waals surface area contributed by atoms with Gasteiger partial charge in [-0.1, -0.05) is 6.07 Å². The number of halogens is 4. The summed E-state index contributed by atoms with van der Waals surface area (Å²) in [6, 6.07) is 5.49. The molecule has 0 radical (unpaired) electrons. The summed E-state index contributed by atoms with van der Waals surface area (Å²) >= 11 is 0. The number of benzene rings is 2. The fraction of sp³-hybridized carbons (Fsp3) is 0.0769. The van der Waals surface area contributed by atoms with Crippen molar-refractivity contribution in [3.63, 3.8) is 0 Å². The summed E-state index contributed by atoms with van der Waals surface area (Å²) in [5.41, 5.74) is 5.92. The maximum Gasteiger partial charge on any atom is 0.194 e. The van der Waals surface area contributed by atoms with E-state index in [1.54, 1.807) is 0 Å². The van der Waals surface area contributed by atoms with Crippen molar-refractivity contribution in [2.45, 2.75) is 6.54 Å². The van der Waals surface area contributed by atoms with Crippen molar-refractivity contribution in [2.75, 3.05) is 0 Å². The minimum absolute atomic E-state index is 0.0178. The highest BCUT2D eigenvalue weighted by Gasteiger charge is 2.14. The Labute approximate surface area is 101 Å². The van der Waals surface area contributed by atoms with E-state index in [0.29, 0.717) is 5.56 Å². The molecule has 0 amide bonds. The number of hydrogen-bond donors (Lipinski definition) is 1. The van der Waals surface area contributed by atoms with E-state index < -0.39 is 23.3 Å². The van der Waals surface area contributed by atoms with E-state index in [4.69, 9.17) is 5.73 Å². The van der Waals surface area contributed by atoms with Crippen molar-refractivity contribution in [3.05, 3.63) is 59.2 Å². The van der Waals surface area contributed by atoms with Gasteiger partial charge < -0.3 is 5.73 Å². The molecule has 2 rings (SSSR count). The third kappa shape index (κ3) is 2.22. The molecule has 94 valence electrons. The lowest BCUT2D eigenvalue weighted by Crippen LogP contribution is -1.98. The molecule has 2 N–H and O–H groups in total. The fourth-order valence-corrected chi connectivity index (χ4v) is 1.63. The smallest absolute Gasteiger partial charge is 0.194 e. The second kappa shape index (κ2) is 4.78. The van der Waals surface area contributed by atoms with Crippen LogP contribution in [-0.2, 0) is 6.54 Å². The Kier molecular flexibility index (Phi) is 3.34. The molecule has 0 bridgehead atoms. The Balaban J connectivity index is 2.61. The first-order valence-electron chi connectivity index (χ1n) is 5.16. The molecule has 0 heterocycles. The van der Waals surface area contributed by atoms with Gasteiger partial charge in [-0.3, -0.25) is 0 Å². The van der Waals surface area contributed by atoms with Crippen LogP contribution >= 0.6 is 0 Å². The molecule has 5 heteroatoms. The molecule has 0 aliphatic rings. The van der Waals surface area contributed by atoms with E-state index in [2.05, 4.69) is 0 Å². The Morgan fingerprint density at radius 2 is 1.44 bits per heavy atom. The van der Waals surface area contributed by atoms with Gasteiger partial charge in [0.2, 0.25) is 0 Å². The maximum atomic E-state index is 13.6. The zero-order valence-electron chi connectivity index (χ0n) is 9.18. The van der Waals surface area contributed by atoms with Crippen LogP contribution in [0.15, 0.2) is 30.3 Å². The molecule has 2 aromatic rings. The van der Waals surface area contributed by atoms with Crippen molar-refractivity contribution in [1.82, 2.24) is 0 Å². The van der Waals surface area contributed by atoms with Crippen LogP contribution in [0.5, 0.6) is 0 Å². The van der Waals surface area contributed by atoms with Gasteiger partial charge in [-0.05, 0) is 35.4 Å². The highest BCUT2D eigenvalue weighted by molar-refractivity contribution is 5.65. The Morgan fingerprint density at radius 3 is 2.00 bits per heavy atom. The lowest BCUT2D eigenvalue weighted by Gasteiger charge is -2.07. The summed E-state index contributed by atoms with van der Waals surface area (Å²) in [5, 5.41) is 0. The molecular weight excluding hydrogens is 246 g/mol. The van der Waals surface area contributed by atoms with E-state index in [1.807, 2.05) is 0 Å². The van der Waals surface area contributed by atoms with Crippen molar-refractivity contribution in [2.24, 2.45) is 5.73 Å². The predicted molar refractivity (Wildman–Crippen MR) is 59.6 cm³/mol. The number of nitrogens with two attached hydrogens (primary N) is 1. The average Bonchev–Trinajstić information content (AvgIpc) is 2.36. The van der Waals surface area contributed by atoms with E-state index >= 15 is 0 Å². The Morgan fingerprint density at radius 1 is 0.833 bits per heavy atom. The summed E-state index contributed by atoms with van der Waals surface area (Å²) in [4.78, 5) is 0. The SMILES string of the molecule is NCc1ccc(F)c(-c2cc(F)c(F)c(F)c2)c1. The topological polar surface area (TPSA) is 26.0 Å². The van der Waals surface area contributed by atoms with Gasteiger partial charge in [-0.2, -0.15) is 0 Å². The molecule has 0 spiro atoms. The van der Waals surface area contributed by atoms with Crippen LogP contribution in [0.25, 0.3) is 11.1 Å². The largest absolute Gasteiger partial charge is 0.326 e. The molecule has 0 fully saturated rings. The van der Waals surface area contributed by atoms with Gasteiger partial charge in [-0.15, -0.1) is 0 Å². The van der Waals surface area contributed by atoms with Crippen molar-refractivity contribution in [3.8, 4) is 11.1 Å². The van der Waals surface area contributed by atoms with Gasteiger partial charge in [-0.25, -0.2) is 17.6 Å². The zero-order valence-corrected chi connectivity index (χ0v) is 9.18. The van der Waals surface area contributed by atoms with E-state index in [0.717, 1.165) is 18.2 Å². The first-order chi connectivity index (χ1) is 8.52. The van der Waals surface area contributed by atoms with Gasteiger partial charge in [0.1, 0.15) is 5.82 Å². The van der Waals surface area contributed by atoms with Crippen LogP contribution in [0, 0.1) is 23.3 Å². The summed E-state index contributed by atoms with van der Waals surface area (Å²) in [6.45, 7) is 0.166. The van der Waals surface area contributed by atoms with E-state index in [1.165, 1.54) is 12.1 Å². The summed E-state index contributed by atoms with van der Waals surface area (Å²) in [7, 11) is 0. The lowest BCUT2D eigenvalue weighted by atomic mass is 10.0. The molecule has 0 aliphatic carbocycles. The average molecular weight is 255 g/mol. The van der Waals surface area contributed by atoms with Crippen molar-refractivity contribution >= 4 is 0 Å². The zero-order chi connectivity index (χ0) is 13.3. The summed E-state index contributed by atoms with van der Waals surface area (Å²) < 4.78 is 52.5. The second-order valence-corrected chi connectivity index (χ2v) is 3.77. The van der Waals surface area contributed by atoms with Gasteiger partial charge >= 0.3 is 0 Å². The minimum atomic E-state index is -1.57. The quantitative estimate of drug-likeness (QED) is 0.646.